The largest absolute Gasteiger partial charge is 0.493 e. The van der Waals surface area contributed by atoms with Crippen LogP contribution in [0, 0.1) is 17.0 Å². The van der Waals surface area contributed by atoms with Crippen molar-refractivity contribution in [3.8, 4) is 11.5 Å². The summed E-state index contributed by atoms with van der Waals surface area (Å²) < 4.78 is 35.2. The topological polar surface area (TPSA) is 120 Å². The van der Waals surface area contributed by atoms with Crippen LogP contribution in [0.25, 0.3) is 0 Å². The molecule has 0 aliphatic heterocycles. The summed E-state index contributed by atoms with van der Waals surface area (Å²) in [6, 6.07) is 8.64. The maximum atomic E-state index is 12.3. The second-order valence-electron chi connectivity index (χ2n) is 5.40. The SMILES string of the molecule is CCOc1cc(/C=N\NS(=O)(=O)c2ccc(C)c([N+](=O)[O-])c2)ccc1OC. The van der Waals surface area contributed by atoms with Gasteiger partial charge in [-0.15, -0.1) is 0 Å². The Morgan fingerprint density at radius 3 is 2.59 bits per heavy atom. The molecular weight excluding hydrogens is 374 g/mol. The van der Waals surface area contributed by atoms with Gasteiger partial charge in [-0.1, -0.05) is 6.07 Å². The lowest BCUT2D eigenvalue weighted by atomic mass is 10.2. The van der Waals surface area contributed by atoms with Gasteiger partial charge >= 0.3 is 0 Å². The highest BCUT2D eigenvalue weighted by Gasteiger charge is 2.19. The third-order valence-corrected chi connectivity index (χ3v) is 4.78. The standard InChI is InChI=1S/C17H19N3O6S/c1-4-26-17-9-13(6-8-16(17)25-3)11-18-19-27(23,24)14-7-5-12(2)15(10-14)20(21)22/h5-11,19H,4H2,1-3H3/b18-11-. The van der Waals surface area contributed by atoms with Crippen molar-refractivity contribution in [1.82, 2.24) is 4.83 Å². The molecule has 0 radical (unpaired) electrons. The van der Waals surface area contributed by atoms with Gasteiger partial charge in [-0.2, -0.15) is 13.5 Å². The zero-order valence-corrected chi connectivity index (χ0v) is 15.8. The lowest BCUT2D eigenvalue weighted by molar-refractivity contribution is -0.385. The Kier molecular flexibility index (Phi) is 6.35. The van der Waals surface area contributed by atoms with E-state index in [-0.39, 0.29) is 10.6 Å². The Morgan fingerprint density at radius 1 is 1.22 bits per heavy atom. The molecule has 2 aromatic rings. The molecule has 0 spiro atoms. The first-order valence-corrected chi connectivity index (χ1v) is 9.37. The molecule has 0 aliphatic rings. The van der Waals surface area contributed by atoms with Gasteiger partial charge < -0.3 is 9.47 Å². The number of hydrogen-bond acceptors (Lipinski definition) is 7. The van der Waals surface area contributed by atoms with Crippen molar-refractivity contribution >= 4 is 21.9 Å². The van der Waals surface area contributed by atoms with E-state index >= 15 is 0 Å². The molecule has 0 amide bonds. The summed E-state index contributed by atoms with van der Waals surface area (Å²) in [4.78, 5) is 12.1. The lowest BCUT2D eigenvalue weighted by Crippen LogP contribution is -2.18. The van der Waals surface area contributed by atoms with E-state index < -0.39 is 14.9 Å². The highest BCUT2D eigenvalue weighted by atomic mass is 32.2. The third kappa shape index (κ3) is 4.94. The number of hydrogen-bond donors (Lipinski definition) is 1. The number of nitrogens with zero attached hydrogens (tertiary/aromatic N) is 2. The van der Waals surface area contributed by atoms with Crippen molar-refractivity contribution in [2.75, 3.05) is 13.7 Å². The molecular formula is C17H19N3O6S. The van der Waals surface area contributed by atoms with Crippen molar-refractivity contribution < 1.29 is 22.8 Å². The van der Waals surface area contributed by atoms with E-state index in [1.807, 2.05) is 11.8 Å². The zero-order chi connectivity index (χ0) is 20.0. The van der Waals surface area contributed by atoms with E-state index in [1.165, 1.54) is 32.4 Å². The summed E-state index contributed by atoms with van der Waals surface area (Å²) in [6.45, 7) is 3.80. The summed E-state index contributed by atoms with van der Waals surface area (Å²) in [7, 11) is -2.53. The molecule has 2 rings (SSSR count). The van der Waals surface area contributed by atoms with Crippen LogP contribution in [0.1, 0.15) is 18.1 Å². The maximum Gasteiger partial charge on any atom is 0.276 e. The minimum atomic E-state index is -4.04. The van der Waals surface area contributed by atoms with E-state index in [9.17, 15) is 18.5 Å². The average Bonchev–Trinajstić information content (AvgIpc) is 2.62. The molecule has 0 unspecified atom stereocenters. The molecule has 0 heterocycles. The molecule has 0 saturated heterocycles. The first-order valence-electron chi connectivity index (χ1n) is 7.89. The molecule has 9 nitrogen and oxygen atoms in total. The van der Waals surface area contributed by atoms with Crippen molar-refractivity contribution in [3.05, 3.63) is 57.6 Å². The Bertz CT molecular complexity index is 973. The quantitative estimate of drug-likeness (QED) is 0.418. The molecule has 0 bridgehead atoms. The van der Waals surface area contributed by atoms with E-state index in [1.54, 1.807) is 18.2 Å². The second kappa shape index (κ2) is 8.49. The van der Waals surface area contributed by atoms with Crippen LogP contribution in [-0.2, 0) is 10.0 Å². The molecule has 0 fully saturated rings. The Hall–Kier alpha value is -3.14. The average molecular weight is 393 g/mol. The van der Waals surface area contributed by atoms with Gasteiger partial charge in [-0.25, -0.2) is 4.83 Å². The zero-order valence-electron chi connectivity index (χ0n) is 15.0. The summed E-state index contributed by atoms with van der Waals surface area (Å²) in [5.74, 6) is 1.04. The van der Waals surface area contributed by atoms with Gasteiger partial charge in [0.05, 0.1) is 29.8 Å². The van der Waals surface area contributed by atoms with Gasteiger partial charge in [0.15, 0.2) is 11.5 Å². The minimum Gasteiger partial charge on any atom is -0.493 e. The number of ether oxygens (including phenoxy) is 2. The van der Waals surface area contributed by atoms with Gasteiger partial charge in [0.2, 0.25) is 0 Å². The molecule has 0 aromatic heterocycles. The van der Waals surface area contributed by atoms with Crippen molar-refractivity contribution in [2.24, 2.45) is 5.10 Å². The highest BCUT2D eigenvalue weighted by molar-refractivity contribution is 7.89. The number of aryl methyl sites for hydroxylation is 1. The van der Waals surface area contributed by atoms with Crippen molar-refractivity contribution in [1.29, 1.82) is 0 Å². The van der Waals surface area contributed by atoms with Crippen LogP contribution < -0.4 is 14.3 Å². The lowest BCUT2D eigenvalue weighted by Gasteiger charge is -2.09. The third-order valence-electron chi connectivity index (χ3n) is 3.56. The van der Waals surface area contributed by atoms with Gasteiger partial charge in [-0.05, 0) is 43.7 Å². The predicted octanol–water partition coefficient (Wildman–Crippen LogP) is 2.62. The predicted molar refractivity (Wildman–Crippen MR) is 99.9 cm³/mol. The fraction of sp³-hybridized carbons (Fsp3) is 0.235. The van der Waals surface area contributed by atoms with E-state index in [0.717, 1.165) is 6.07 Å². The van der Waals surface area contributed by atoms with Gasteiger partial charge in [0, 0.05) is 11.6 Å². The van der Waals surface area contributed by atoms with Crippen LogP contribution in [0.3, 0.4) is 0 Å². The number of nitro benzene ring substituents is 1. The second-order valence-corrected chi connectivity index (χ2v) is 7.06. The minimum absolute atomic E-state index is 0.248. The molecule has 27 heavy (non-hydrogen) atoms. The number of hydrazone groups is 1. The molecule has 0 aliphatic carbocycles. The number of nitrogens with one attached hydrogen (secondary N) is 1. The van der Waals surface area contributed by atoms with Gasteiger partial charge in [-0.3, -0.25) is 10.1 Å². The summed E-state index contributed by atoms with van der Waals surface area (Å²) in [5.41, 5.74) is 0.666. The summed E-state index contributed by atoms with van der Waals surface area (Å²) in [6.07, 6.45) is 1.29. The van der Waals surface area contributed by atoms with Gasteiger partial charge in [0.25, 0.3) is 15.7 Å². The molecule has 0 saturated carbocycles. The molecule has 0 atom stereocenters. The normalized spacial score (nSPS) is 11.4. The number of nitro groups is 1. The number of benzene rings is 2. The van der Waals surface area contributed by atoms with Crippen LogP contribution in [-0.4, -0.2) is 33.3 Å². The molecule has 144 valence electrons. The highest BCUT2D eigenvalue weighted by Crippen LogP contribution is 2.27. The molecule has 2 aromatic carbocycles. The maximum absolute atomic E-state index is 12.3. The Morgan fingerprint density at radius 2 is 1.96 bits per heavy atom. The fourth-order valence-electron chi connectivity index (χ4n) is 2.22. The first kappa shape index (κ1) is 20.2. The van der Waals surface area contributed by atoms with E-state index in [2.05, 4.69) is 5.10 Å². The fourth-order valence-corrected chi connectivity index (χ4v) is 3.03. The molecule has 10 heteroatoms. The number of methoxy groups -OCH3 is 1. The number of rotatable bonds is 8. The molecule has 1 N–H and O–H groups in total. The van der Waals surface area contributed by atoms with Gasteiger partial charge in [0.1, 0.15) is 0 Å². The van der Waals surface area contributed by atoms with Crippen LogP contribution in [0.2, 0.25) is 0 Å². The Balaban J connectivity index is 2.21. The number of sulfonamides is 1. The Labute approximate surface area is 156 Å². The first-order chi connectivity index (χ1) is 12.8. The van der Waals surface area contributed by atoms with E-state index in [0.29, 0.717) is 29.2 Å². The van der Waals surface area contributed by atoms with Crippen molar-refractivity contribution in [2.45, 2.75) is 18.7 Å². The van der Waals surface area contributed by atoms with E-state index in [4.69, 9.17) is 9.47 Å². The summed E-state index contributed by atoms with van der Waals surface area (Å²) in [5, 5.41) is 14.7. The van der Waals surface area contributed by atoms with Crippen molar-refractivity contribution in [3.63, 3.8) is 0 Å². The van der Waals surface area contributed by atoms with Crippen LogP contribution in [0.15, 0.2) is 46.4 Å². The summed E-state index contributed by atoms with van der Waals surface area (Å²) >= 11 is 0. The smallest absolute Gasteiger partial charge is 0.276 e. The monoisotopic (exact) mass is 393 g/mol. The van der Waals surface area contributed by atoms with Crippen LogP contribution in [0.4, 0.5) is 5.69 Å². The van der Waals surface area contributed by atoms with Crippen LogP contribution >= 0.6 is 0 Å². The van der Waals surface area contributed by atoms with Crippen LogP contribution in [0.5, 0.6) is 11.5 Å².